The van der Waals surface area contributed by atoms with Crippen molar-refractivity contribution < 1.29 is 17.7 Å². The van der Waals surface area contributed by atoms with E-state index in [0.29, 0.717) is 46.8 Å². The van der Waals surface area contributed by atoms with Crippen molar-refractivity contribution in [3.63, 3.8) is 0 Å². The fourth-order valence-corrected chi connectivity index (χ4v) is 5.15. The van der Waals surface area contributed by atoms with Gasteiger partial charge in [0.1, 0.15) is 0 Å². The molecule has 2 heterocycles. The molecule has 27 heavy (non-hydrogen) atoms. The van der Waals surface area contributed by atoms with E-state index in [1.807, 2.05) is 13.0 Å². The number of nitrogens with zero attached hydrogens (tertiary/aromatic N) is 2. The number of amides is 1. The number of piperidine rings is 1. The molecule has 0 aliphatic carbocycles. The van der Waals surface area contributed by atoms with Crippen molar-refractivity contribution in [3.8, 4) is 11.1 Å². The maximum Gasteiger partial charge on any atom is 0.243 e. The predicted molar refractivity (Wildman–Crippen MR) is 103 cm³/mol. The first kappa shape index (κ1) is 19.6. The van der Waals surface area contributed by atoms with E-state index < -0.39 is 10.0 Å². The second-order valence-corrected chi connectivity index (χ2v) is 8.72. The van der Waals surface area contributed by atoms with E-state index in [9.17, 15) is 13.2 Å². The quantitative estimate of drug-likeness (QED) is 0.844. The summed E-state index contributed by atoms with van der Waals surface area (Å²) in [4.78, 5) is 11.8. The van der Waals surface area contributed by atoms with Crippen molar-refractivity contribution in [3.05, 3.63) is 29.5 Å². The molecule has 0 spiro atoms. The van der Waals surface area contributed by atoms with Crippen LogP contribution < -0.4 is 5.32 Å². The van der Waals surface area contributed by atoms with Gasteiger partial charge in [-0.25, -0.2) is 8.42 Å². The van der Waals surface area contributed by atoms with Crippen molar-refractivity contribution >= 4 is 21.8 Å². The van der Waals surface area contributed by atoms with Crippen molar-refractivity contribution in [2.24, 2.45) is 0 Å². The molecule has 1 saturated heterocycles. The summed E-state index contributed by atoms with van der Waals surface area (Å²) in [5, 5.41) is 6.65. The lowest BCUT2D eigenvalue weighted by Crippen LogP contribution is -2.35. The van der Waals surface area contributed by atoms with Crippen LogP contribution in [0.4, 0.5) is 5.88 Å². The van der Waals surface area contributed by atoms with E-state index in [2.05, 4.69) is 10.5 Å². The average Bonchev–Trinajstić information content (AvgIpc) is 3.04. The number of benzene rings is 1. The Bertz CT molecular complexity index is 944. The number of sulfonamides is 1. The molecule has 1 aliphatic rings. The zero-order valence-electron chi connectivity index (χ0n) is 15.9. The highest BCUT2D eigenvalue weighted by Crippen LogP contribution is 2.35. The van der Waals surface area contributed by atoms with E-state index in [0.717, 1.165) is 19.3 Å². The Morgan fingerprint density at radius 3 is 2.59 bits per heavy atom. The summed E-state index contributed by atoms with van der Waals surface area (Å²) in [5.41, 5.74) is 2.66. The number of hydrogen-bond acceptors (Lipinski definition) is 5. The largest absolute Gasteiger partial charge is 0.337 e. The van der Waals surface area contributed by atoms with Crippen LogP contribution in [0.15, 0.2) is 27.6 Å². The summed E-state index contributed by atoms with van der Waals surface area (Å²) in [7, 11) is -3.57. The van der Waals surface area contributed by atoms with Gasteiger partial charge >= 0.3 is 0 Å². The summed E-state index contributed by atoms with van der Waals surface area (Å²) in [6, 6.07) is 5.29. The summed E-state index contributed by atoms with van der Waals surface area (Å²) in [6.07, 6.45) is 3.43. The number of nitrogens with one attached hydrogen (secondary N) is 1. The Labute approximate surface area is 159 Å². The maximum absolute atomic E-state index is 13.2. The zero-order chi connectivity index (χ0) is 19.6. The van der Waals surface area contributed by atoms with Crippen molar-refractivity contribution in [2.75, 3.05) is 18.4 Å². The second-order valence-electron chi connectivity index (χ2n) is 6.81. The number of carbonyl (C=O) groups excluding carboxylic acids is 1. The number of aryl methyl sites for hydroxylation is 2. The number of hydrogen-bond donors (Lipinski definition) is 1. The number of carbonyl (C=O) groups is 1. The molecule has 0 bridgehead atoms. The van der Waals surface area contributed by atoms with E-state index in [1.165, 1.54) is 6.92 Å². The van der Waals surface area contributed by atoms with Crippen LogP contribution in [0.1, 0.15) is 44.4 Å². The average molecular weight is 391 g/mol. The molecule has 0 atom stereocenters. The Morgan fingerprint density at radius 1 is 1.26 bits per heavy atom. The molecule has 3 rings (SSSR count). The second kappa shape index (κ2) is 7.82. The SMILES string of the molecule is CCc1noc(NC(C)=O)c1-c1ccc(C)c(S(=O)(=O)N2CCCCC2)c1. The normalized spacial score (nSPS) is 15.7. The molecular formula is C19H25N3O4S. The molecule has 1 aromatic heterocycles. The van der Waals surface area contributed by atoms with Crippen LogP contribution in [0.5, 0.6) is 0 Å². The maximum atomic E-state index is 13.2. The molecule has 0 unspecified atom stereocenters. The van der Waals surface area contributed by atoms with Crippen molar-refractivity contribution in [2.45, 2.75) is 51.3 Å². The molecule has 0 saturated carbocycles. The van der Waals surface area contributed by atoms with Crippen LogP contribution in [0.25, 0.3) is 11.1 Å². The number of aromatic nitrogens is 1. The number of rotatable bonds is 5. The Morgan fingerprint density at radius 2 is 1.96 bits per heavy atom. The monoisotopic (exact) mass is 391 g/mol. The summed E-state index contributed by atoms with van der Waals surface area (Å²) in [6.45, 7) is 6.22. The molecular weight excluding hydrogens is 366 g/mol. The van der Waals surface area contributed by atoms with Crippen LogP contribution in [0.2, 0.25) is 0 Å². The first-order valence-corrected chi connectivity index (χ1v) is 10.7. The van der Waals surface area contributed by atoms with Gasteiger partial charge in [-0.1, -0.05) is 30.6 Å². The van der Waals surface area contributed by atoms with Gasteiger partial charge in [-0.05, 0) is 43.4 Å². The van der Waals surface area contributed by atoms with E-state index >= 15 is 0 Å². The molecule has 8 heteroatoms. The van der Waals surface area contributed by atoms with Gasteiger partial charge in [0.05, 0.1) is 16.2 Å². The van der Waals surface area contributed by atoms with Crippen LogP contribution >= 0.6 is 0 Å². The fraction of sp³-hybridized carbons (Fsp3) is 0.474. The molecule has 0 radical (unpaired) electrons. The molecule has 1 N–H and O–H groups in total. The van der Waals surface area contributed by atoms with Crippen LogP contribution in [0, 0.1) is 6.92 Å². The molecule has 7 nitrogen and oxygen atoms in total. The Hall–Kier alpha value is -2.19. The van der Waals surface area contributed by atoms with Gasteiger partial charge in [0.25, 0.3) is 0 Å². The highest BCUT2D eigenvalue weighted by atomic mass is 32.2. The predicted octanol–water partition coefficient (Wildman–Crippen LogP) is 3.35. The minimum atomic E-state index is -3.57. The third-order valence-corrected chi connectivity index (χ3v) is 6.84. The summed E-state index contributed by atoms with van der Waals surface area (Å²) >= 11 is 0. The zero-order valence-corrected chi connectivity index (χ0v) is 16.7. The lowest BCUT2D eigenvalue weighted by atomic mass is 10.0. The van der Waals surface area contributed by atoms with Gasteiger partial charge in [0.2, 0.25) is 21.8 Å². The Balaban J connectivity index is 2.09. The van der Waals surface area contributed by atoms with Crippen LogP contribution in [-0.2, 0) is 21.2 Å². The minimum Gasteiger partial charge on any atom is -0.337 e. The van der Waals surface area contributed by atoms with Crippen molar-refractivity contribution in [1.29, 1.82) is 0 Å². The highest BCUT2D eigenvalue weighted by Gasteiger charge is 2.28. The third-order valence-electron chi connectivity index (χ3n) is 4.80. The minimum absolute atomic E-state index is 0.240. The molecule has 1 fully saturated rings. The highest BCUT2D eigenvalue weighted by molar-refractivity contribution is 7.89. The van der Waals surface area contributed by atoms with Gasteiger partial charge < -0.3 is 4.52 Å². The van der Waals surface area contributed by atoms with E-state index in [4.69, 9.17) is 4.52 Å². The lowest BCUT2D eigenvalue weighted by molar-refractivity contribution is -0.114. The van der Waals surface area contributed by atoms with Crippen LogP contribution in [0.3, 0.4) is 0 Å². The smallest absolute Gasteiger partial charge is 0.243 e. The van der Waals surface area contributed by atoms with Crippen molar-refractivity contribution in [1.82, 2.24) is 9.46 Å². The molecule has 2 aromatic rings. The van der Waals surface area contributed by atoms with E-state index in [1.54, 1.807) is 23.4 Å². The van der Waals surface area contributed by atoms with Gasteiger partial charge in [0, 0.05) is 20.0 Å². The summed E-state index contributed by atoms with van der Waals surface area (Å²) in [5.74, 6) is -0.0344. The third kappa shape index (κ3) is 3.91. The standard InChI is InChI=1S/C19H25N3O4S/c1-4-16-18(19(26-21-16)20-14(3)23)15-9-8-13(2)17(12-15)27(24,25)22-10-6-5-7-11-22/h8-9,12H,4-7,10-11H2,1-3H3,(H,20,23). The first-order chi connectivity index (χ1) is 12.8. The van der Waals surface area contributed by atoms with Gasteiger partial charge in [-0.2, -0.15) is 4.31 Å². The van der Waals surface area contributed by atoms with Gasteiger partial charge in [0.15, 0.2) is 0 Å². The van der Waals surface area contributed by atoms with Gasteiger partial charge in [-0.3, -0.25) is 10.1 Å². The summed E-state index contributed by atoms with van der Waals surface area (Å²) < 4.78 is 33.2. The topological polar surface area (TPSA) is 92.5 Å². The van der Waals surface area contributed by atoms with Gasteiger partial charge in [-0.15, -0.1) is 0 Å². The molecule has 1 amide bonds. The molecule has 146 valence electrons. The van der Waals surface area contributed by atoms with E-state index in [-0.39, 0.29) is 11.8 Å². The lowest BCUT2D eigenvalue weighted by Gasteiger charge is -2.26. The number of anilines is 1. The Kier molecular flexibility index (Phi) is 5.67. The fourth-order valence-electron chi connectivity index (χ4n) is 3.39. The first-order valence-electron chi connectivity index (χ1n) is 9.22. The molecule has 1 aliphatic heterocycles. The molecule has 1 aromatic carbocycles. The van der Waals surface area contributed by atoms with Crippen LogP contribution in [-0.4, -0.2) is 36.9 Å².